The van der Waals surface area contributed by atoms with Gasteiger partial charge in [0.25, 0.3) is 0 Å². The molecule has 0 saturated heterocycles. The van der Waals surface area contributed by atoms with Gasteiger partial charge in [0.15, 0.2) is 5.82 Å². The smallest absolute Gasteiger partial charge is 0.342 e. The number of esters is 1. The van der Waals surface area contributed by atoms with Gasteiger partial charge in [0, 0.05) is 28.9 Å². The van der Waals surface area contributed by atoms with Crippen LogP contribution < -0.4 is 5.32 Å². The highest BCUT2D eigenvalue weighted by molar-refractivity contribution is 6.32. The number of fused-ring (bicyclic) bond motifs is 1. The van der Waals surface area contributed by atoms with Crippen molar-refractivity contribution in [1.29, 1.82) is 0 Å². The van der Waals surface area contributed by atoms with E-state index in [2.05, 4.69) is 10.3 Å². The zero-order valence-corrected chi connectivity index (χ0v) is 16.3. The molecule has 3 rings (SSSR count). The first-order valence-electron chi connectivity index (χ1n) is 8.36. The minimum Gasteiger partial charge on any atom is -0.462 e. The van der Waals surface area contributed by atoms with Crippen molar-refractivity contribution in [2.24, 2.45) is 0 Å². The van der Waals surface area contributed by atoms with E-state index in [9.17, 15) is 9.18 Å². The third-order valence-electron chi connectivity index (χ3n) is 4.16. The molecule has 27 heavy (non-hydrogen) atoms. The number of carbonyl (C=O) groups excluding carboxylic acids is 1. The fourth-order valence-electron chi connectivity index (χ4n) is 2.97. The Morgan fingerprint density at radius 3 is 2.67 bits per heavy atom. The molecule has 0 spiro atoms. The van der Waals surface area contributed by atoms with E-state index < -0.39 is 11.8 Å². The zero-order chi connectivity index (χ0) is 19.6. The molecule has 2 aromatic carbocycles. The molecule has 4 nitrogen and oxygen atoms in total. The second kappa shape index (κ2) is 8.11. The molecular weight excluding hydrogens is 390 g/mol. The lowest BCUT2D eigenvalue weighted by molar-refractivity contribution is 0.0526. The highest BCUT2D eigenvalue weighted by Gasteiger charge is 2.24. The van der Waals surface area contributed by atoms with Crippen LogP contribution in [-0.4, -0.2) is 24.6 Å². The number of nitrogens with one attached hydrogen (secondary N) is 1. The molecule has 140 valence electrons. The van der Waals surface area contributed by atoms with E-state index in [1.54, 1.807) is 26.1 Å². The van der Waals surface area contributed by atoms with Gasteiger partial charge in [-0.25, -0.2) is 14.2 Å². The maximum absolute atomic E-state index is 14.5. The van der Waals surface area contributed by atoms with Gasteiger partial charge in [-0.15, -0.1) is 0 Å². The molecule has 1 N–H and O–H groups in total. The summed E-state index contributed by atoms with van der Waals surface area (Å²) < 4.78 is 19.7. The first kappa shape index (κ1) is 19.4. The number of ether oxygens (including phenoxy) is 1. The average Bonchev–Trinajstić information content (AvgIpc) is 2.63. The molecule has 1 heterocycles. The molecule has 0 radical (unpaired) electrons. The van der Waals surface area contributed by atoms with Crippen LogP contribution in [0, 0.1) is 5.82 Å². The average molecular weight is 407 g/mol. The number of halogens is 3. The zero-order valence-electron chi connectivity index (χ0n) is 14.8. The third-order valence-corrected chi connectivity index (χ3v) is 4.74. The van der Waals surface area contributed by atoms with Crippen molar-refractivity contribution in [1.82, 2.24) is 4.98 Å². The van der Waals surface area contributed by atoms with Crippen LogP contribution in [-0.2, 0) is 11.2 Å². The van der Waals surface area contributed by atoms with E-state index in [0.29, 0.717) is 22.4 Å². The predicted molar refractivity (Wildman–Crippen MR) is 106 cm³/mol. The van der Waals surface area contributed by atoms with Crippen LogP contribution in [0.15, 0.2) is 36.4 Å². The minimum absolute atomic E-state index is 0.124. The number of hydrogen-bond donors (Lipinski definition) is 1. The minimum atomic E-state index is -0.565. The van der Waals surface area contributed by atoms with Crippen LogP contribution >= 0.6 is 23.2 Å². The summed E-state index contributed by atoms with van der Waals surface area (Å²) in [4.78, 5) is 17.0. The standard InChI is InChI=1S/C20H17Cl2FN2O2/c1-3-27-20(26)17-13(8-11-6-4-5-7-15(11)22)14-9-12(21)10-16(23)18(14)25-19(17)24-2/h4-7,9-10H,3,8H2,1-2H3,(H,24,25). The van der Waals surface area contributed by atoms with Crippen LogP contribution in [0.2, 0.25) is 10.0 Å². The summed E-state index contributed by atoms with van der Waals surface area (Å²) in [6.07, 6.45) is 0.293. The Morgan fingerprint density at radius 2 is 2.00 bits per heavy atom. The van der Waals surface area contributed by atoms with E-state index in [1.165, 1.54) is 6.07 Å². The molecule has 1 aromatic heterocycles. The molecule has 0 aliphatic rings. The highest BCUT2D eigenvalue weighted by atomic mass is 35.5. The van der Waals surface area contributed by atoms with E-state index >= 15 is 0 Å². The first-order valence-corrected chi connectivity index (χ1v) is 9.11. The van der Waals surface area contributed by atoms with Crippen molar-refractivity contribution < 1.29 is 13.9 Å². The largest absolute Gasteiger partial charge is 0.462 e. The molecule has 0 bridgehead atoms. The van der Waals surface area contributed by atoms with Gasteiger partial charge in [-0.05, 0) is 36.2 Å². The van der Waals surface area contributed by atoms with E-state index in [0.717, 1.165) is 5.56 Å². The van der Waals surface area contributed by atoms with Gasteiger partial charge in [-0.3, -0.25) is 0 Å². The molecule has 7 heteroatoms. The Kier molecular flexibility index (Phi) is 5.82. The number of rotatable bonds is 5. The van der Waals surface area contributed by atoms with Crippen LogP contribution in [0.25, 0.3) is 10.9 Å². The number of aromatic nitrogens is 1. The second-order valence-corrected chi connectivity index (χ2v) is 6.68. The Labute approximate surface area is 166 Å². The van der Waals surface area contributed by atoms with Gasteiger partial charge in [0.2, 0.25) is 0 Å². The van der Waals surface area contributed by atoms with Crippen molar-refractivity contribution >= 4 is 45.9 Å². The summed E-state index contributed by atoms with van der Waals surface area (Å²) >= 11 is 12.4. The third kappa shape index (κ3) is 3.84. The second-order valence-electron chi connectivity index (χ2n) is 5.84. The van der Waals surface area contributed by atoms with E-state index in [-0.39, 0.29) is 28.5 Å². The van der Waals surface area contributed by atoms with Crippen molar-refractivity contribution in [2.45, 2.75) is 13.3 Å². The molecule has 0 atom stereocenters. The van der Waals surface area contributed by atoms with E-state index in [4.69, 9.17) is 27.9 Å². The number of benzene rings is 2. The number of carbonyl (C=O) groups is 1. The molecule has 0 amide bonds. The SMILES string of the molecule is CCOC(=O)c1c(NC)nc2c(F)cc(Cl)cc2c1Cc1ccccc1Cl. The molecule has 0 aliphatic heterocycles. The van der Waals surface area contributed by atoms with Crippen LogP contribution in [0.4, 0.5) is 10.2 Å². The topological polar surface area (TPSA) is 51.2 Å². The summed E-state index contributed by atoms with van der Waals surface area (Å²) in [6, 6.07) is 10.1. The van der Waals surface area contributed by atoms with Crippen molar-refractivity contribution in [3.63, 3.8) is 0 Å². The van der Waals surface area contributed by atoms with Crippen molar-refractivity contribution in [3.05, 3.63) is 69.0 Å². The summed E-state index contributed by atoms with van der Waals surface area (Å²) in [6.45, 7) is 1.92. The molecule has 3 aromatic rings. The van der Waals surface area contributed by atoms with Crippen LogP contribution in [0.3, 0.4) is 0 Å². The lowest BCUT2D eigenvalue weighted by Crippen LogP contribution is -2.14. The number of nitrogens with zero attached hydrogens (tertiary/aromatic N) is 1. The lowest BCUT2D eigenvalue weighted by atomic mass is 9.95. The van der Waals surface area contributed by atoms with Gasteiger partial charge >= 0.3 is 5.97 Å². The summed E-state index contributed by atoms with van der Waals surface area (Å²) in [5, 5.41) is 4.08. The van der Waals surface area contributed by atoms with Gasteiger partial charge < -0.3 is 10.1 Å². The summed E-state index contributed by atoms with van der Waals surface area (Å²) in [7, 11) is 1.62. The highest BCUT2D eigenvalue weighted by Crippen LogP contribution is 2.33. The van der Waals surface area contributed by atoms with Gasteiger partial charge in [-0.1, -0.05) is 41.4 Å². The van der Waals surface area contributed by atoms with Crippen molar-refractivity contribution in [2.75, 3.05) is 19.0 Å². The summed E-state index contributed by atoms with van der Waals surface area (Å²) in [5.74, 6) is -0.868. The van der Waals surface area contributed by atoms with Gasteiger partial charge in [-0.2, -0.15) is 0 Å². The molecule has 0 aliphatic carbocycles. The fraction of sp³-hybridized carbons (Fsp3) is 0.200. The molecule has 0 fully saturated rings. The predicted octanol–water partition coefficient (Wildman–Crippen LogP) is 5.49. The van der Waals surface area contributed by atoms with Crippen LogP contribution in [0.5, 0.6) is 0 Å². The number of hydrogen-bond acceptors (Lipinski definition) is 4. The summed E-state index contributed by atoms with van der Waals surface area (Å²) in [5.41, 5.74) is 1.71. The van der Waals surface area contributed by atoms with Gasteiger partial charge in [0.1, 0.15) is 16.9 Å². The quantitative estimate of drug-likeness (QED) is 0.569. The Morgan fingerprint density at radius 1 is 1.26 bits per heavy atom. The Hall–Kier alpha value is -2.37. The Balaban J connectivity index is 2.36. The molecule has 0 unspecified atom stereocenters. The number of anilines is 1. The number of pyridine rings is 1. The van der Waals surface area contributed by atoms with Gasteiger partial charge in [0.05, 0.1) is 6.61 Å². The lowest BCUT2D eigenvalue weighted by Gasteiger charge is -2.17. The monoisotopic (exact) mass is 406 g/mol. The fourth-order valence-corrected chi connectivity index (χ4v) is 3.38. The first-order chi connectivity index (χ1) is 13.0. The maximum atomic E-state index is 14.5. The maximum Gasteiger partial charge on any atom is 0.342 e. The van der Waals surface area contributed by atoms with Crippen molar-refractivity contribution in [3.8, 4) is 0 Å². The Bertz CT molecular complexity index is 1020. The molecular formula is C20H17Cl2FN2O2. The van der Waals surface area contributed by atoms with Crippen LogP contribution in [0.1, 0.15) is 28.4 Å². The molecule has 0 saturated carbocycles. The normalized spacial score (nSPS) is 10.9. The van der Waals surface area contributed by atoms with E-state index in [1.807, 2.05) is 18.2 Å².